The minimum atomic E-state index is -4.91. The van der Waals surface area contributed by atoms with E-state index in [-0.39, 0.29) is 11.5 Å². The maximum atomic E-state index is 12.8. The summed E-state index contributed by atoms with van der Waals surface area (Å²) in [5, 5.41) is 2.04. The van der Waals surface area contributed by atoms with Crippen molar-refractivity contribution in [2.45, 2.75) is 30.2 Å². The molecule has 100 valence electrons. The number of hydrogen-bond acceptors (Lipinski definition) is 2. The molecule has 1 aromatic rings. The van der Waals surface area contributed by atoms with Crippen molar-refractivity contribution in [2.24, 2.45) is 5.14 Å². The molecule has 2 N–H and O–H groups in total. The summed E-state index contributed by atoms with van der Waals surface area (Å²) in [6.07, 6.45) is -3.05. The number of primary sulfonamides is 1. The van der Waals surface area contributed by atoms with Gasteiger partial charge < -0.3 is 0 Å². The van der Waals surface area contributed by atoms with Gasteiger partial charge in [-0.2, -0.15) is 13.2 Å². The second-order valence-corrected chi connectivity index (χ2v) is 6.10. The predicted molar refractivity (Wildman–Crippen MR) is 60.3 cm³/mol. The zero-order chi connectivity index (χ0) is 13.6. The Morgan fingerprint density at radius 2 is 1.89 bits per heavy atom. The van der Waals surface area contributed by atoms with Crippen molar-refractivity contribution in [3.05, 3.63) is 35.4 Å². The second kappa shape index (κ2) is 4.24. The normalized spacial score (nSPS) is 18.7. The smallest absolute Gasteiger partial charge is 0.228 e. The average Bonchev–Trinajstić information content (AvgIpc) is 2.95. The molecule has 1 aromatic carbocycles. The molecule has 1 atom stereocenters. The highest BCUT2D eigenvalue weighted by molar-refractivity contribution is 7.89. The summed E-state index contributed by atoms with van der Waals surface area (Å²) < 4.78 is 60.6. The van der Waals surface area contributed by atoms with Crippen molar-refractivity contribution in [3.63, 3.8) is 0 Å². The summed E-state index contributed by atoms with van der Waals surface area (Å²) in [6.45, 7) is 0. The molecule has 1 fully saturated rings. The van der Waals surface area contributed by atoms with Crippen LogP contribution < -0.4 is 5.14 Å². The first-order valence-electron chi connectivity index (χ1n) is 5.38. The maximum Gasteiger partial charge on any atom is 0.410 e. The van der Waals surface area contributed by atoms with E-state index in [0.29, 0.717) is 0 Å². The van der Waals surface area contributed by atoms with Gasteiger partial charge in [-0.05, 0) is 29.9 Å². The Morgan fingerprint density at radius 1 is 1.28 bits per heavy atom. The summed E-state index contributed by atoms with van der Waals surface area (Å²) in [5.74, 6) is 0.249. The van der Waals surface area contributed by atoms with Crippen LogP contribution in [0, 0.1) is 0 Å². The molecule has 0 aliphatic heterocycles. The van der Waals surface area contributed by atoms with Gasteiger partial charge in [0.15, 0.2) is 5.25 Å². The van der Waals surface area contributed by atoms with E-state index < -0.39 is 21.4 Å². The third-order valence-electron chi connectivity index (χ3n) is 2.89. The van der Waals surface area contributed by atoms with E-state index >= 15 is 0 Å². The van der Waals surface area contributed by atoms with Gasteiger partial charge in [0.25, 0.3) is 0 Å². The Hall–Kier alpha value is -1.08. The maximum absolute atomic E-state index is 12.8. The molecule has 0 bridgehead atoms. The van der Waals surface area contributed by atoms with E-state index in [1.165, 1.54) is 12.1 Å². The highest BCUT2D eigenvalue weighted by atomic mass is 32.2. The molecule has 18 heavy (non-hydrogen) atoms. The largest absolute Gasteiger partial charge is 0.410 e. The molecule has 3 nitrogen and oxygen atoms in total. The Morgan fingerprint density at radius 3 is 2.33 bits per heavy atom. The first-order valence-corrected chi connectivity index (χ1v) is 6.99. The lowest BCUT2D eigenvalue weighted by atomic mass is 10.0. The van der Waals surface area contributed by atoms with Gasteiger partial charge in [0.2, 0.25) is 10.0 Å². The zero-order valence-corrected chi connectivity index (χ0v) is 10.1. The molecule has 0 amide bonds. The molecule has 1 aliphatic rings. The van der Waals surface area contributed by atoms with Crippen LogP contribution in [-0.2, 0) is 10.0 Å². The molecular formula is C11H12F3NO2S. The third kappa shape index (κ3) is 2.84. The van der Waals surface area contributed by atoms with E-state index in [4.69, 9.17) is 5.14 Å². The lowest BCUT2D eigenvalue weighted by Crippen LogP contribution is -2.33. The summed E-state index contributed by atoms with van der Waals surface area (Å²) in [4.78, 5) is 0. The molecule has 0 saturated heterocycles. The second-order valence-electron chi connectivity index (χ2n) is 4.46. The van der Waals surface area contributed by atoms with Gasteiger partial charge >= 0.3 is 6.18 Å². The monoisotopic (exact) mass is 279 g/mol. The minimum Gasteiger partial charge on any atom is -0.228 e. The fraction of sp³-hybridized carbons (Fsp3) is 0.455. The van der Waals surface area contributed by atoms with Crippen molar-refractivity contribution in [2.75, 3.05) is 0 Å². The molecule has 0 aromatic heterocycles. The van der Waals surface area contributed by atoms with Crippen LogP contribution in [0.1, 0.15) is 35.1 Å². The van der Waals surface area contributed by atoms with Crippen molar-refractivity contribution >= 4 is 10.0 Å². The summed E-state index contributed by atoms with van der Waals surface area (Å²) in [7, 11) is -4.72. The quantitative estimate of drug-likeness (QED) is 0.923. The standard InChI is InChI=1S/C11H12F3NO2S/c12-11(13,14)10(18(15,16)17)9-3-1-2-8(6-9)7-4-5-7/h1-3,6-7,10H,4-5H2,(H2,15,16,17). The molecular weight excluding hydrogens is 267 g/mol. The van der Waals surface area contributed by atoms with Gasteiger partial charge in [-0.25, -0.2) is 13.6 Å². The number of rotatable bonds is 3. The lowest BCUT2D eigenvalue weighted by Gasteiger charge is -2.19. The minimum absolute atomic E-state index is 0.249. The Labute approximate surface area is 103 Å². The molecule has 1 aliphatic carbocycles. The van der Waals surface area contributed by atoms with E-state index in [9.17, 15) is 21.6 Å². The number of sulfonamides is 1. The lowest BCUT2D eigenvalue weighted by molar-refractivity contribution is -0.131. The highest BCUT2D eigenvalue weighted by Crippen LogP contribution is 2.43. The van der Waals surface area contributed by atoms with Crippen molar-refractivity contribution in [1.82, 2.24) is 0 Å². The van der Waals surface area contributed by atoms with Crippen molar-refractivity contribution in [3.8, 4) is 0 Å². The van der Waals surface area contributed by atoms with Crippen molar-refractivity contribution in [1.29, 1.82) is 0 Å². The Bertz CT molecular complexity index is 550. The topological polar surface area (TPSA) is 60.2 Å². The van der Waals surface area contributed by atoms with Crippen LogP contribution in [0.3, 0.4) is 0 Å². The average molecular weight is 279 g/mol. The summed E-state index contributed by atoms with van der Waals surface area (Å²) in [6, 6.07) is 5.58. The molecule has 1 saturated carbocycles. The van der Waals surface area contributed by atoms with Gasteiger partial charge in [-0.15, -0.1) is 0 Å². The van der Waals surface area contributed by atoms with E-state index in [0.717, 1.165) is 24.5 Å². The number of benzene rings is 1. The summed E-state index contributed by atoms with van der Waals surface area (Å²) in [5.41, 5.74) is 0.430. The summed E-state index contributed by atoms with van der Waals surface area (Å²) >= 11 is 0. The highest BCUT2D eigenvalue weighted by Gasteiger charge is 2.48. The van der Waals surface area contributed by atoms with Crippen LogP contribution in [0.4, 0.5) is 13.2 Å². The fourth-order valence-corrected chi connectivity index (χ4v) is 2.86. The number of nitrogens with two attached hydrogens (primary N) is 1. The SMILES string of the molecule is NS(=O)(=O)C(c1cccc(C2CC2)c1)C(F)(F)F. The Kier molecular flexibility index (Phi) is 3.14. The van der Waals surface area contributed by atoms with Crippen LogP contribution in [0.15, 0.2) is 24.3 Å². The van der Waals surface area contributed by atoms with Crippen LogP contribution in [0.2, 0.25) is 0 Å². The third-order valence-corrected chi connectivity index (χ3v) is 4.08. The van der Waals surface area contributed by atoms with E-state index in [2.05, 4.69) is 0 Å². The van der Waals surface area contributed by atoms with E-state index in [1.807, 2.05) is 0 Å². The molecule has 0 spiro atoms. The van der Waals surface area contributed by atoms with Crippen LogP contribution in [0.5, 0.6) is 0 Å². The zero-order valence-electron chi connectivity index (χ0n) is 9.31. The van der Waals surface area contributed by atoms with Gasteiger partial charge in [-0.1, -0.05) is 24.3 Å². The van der Waals surface area contributed by atoms with Crippen molar-refractivity contribution < 1.29 is 21.6 Å². The first-order chi connectivity index (χ1) is 8.19. The predicted octanol–water partition coefficient (Wildman–Crippen LogP) is 2.46. The van der Waals surface area contributed by atoms with Gasteiger partial charge in [-0.3, -0.25) is 0 Å². The molecule has 0 radical (unpaired) electrons. The van der Waals surface area contributed by atoms with Gasteiger partial charge in [0.05, 0.1) is 0 Å². The van der Waals surface area contributed by atoms with Gasteiger partial charge in [0.1, 0.15) is 0 Å². The number of hydrogen-bond donors (Lipinski definition) is 1. The molecule has 1 unspecified atom stereocenters. The Balaban J connectivity index is 2.45. The molecule has 0 heterocycles. The van der Waals surface area contributed by atoms with E-state index in [1.54, 1.807) is 6.07 Å². The number of alkyl halides is 3. The molecule has 7 heteroatoms. The fourth-order valence-electron chi connectivity index (χ4n) is 1.96. The van der Waals surface area contributed by atoms with Crippen LogP contribution in [-0.4, -0.2) is 14.6 Å². The first kappa shape index (κ1) is 13.4. The number of halogens is 3. The van der Waals surface area contributed by atoms with Crippen LogP contribution in [0.25, 0.3) is 0 Å². The molecule has 2 rings (SSSR count). The van der Waals surface area contributed by atoms with Crippen LogP contribution >= 0.6 is 0 Å². The van der Waals surface area contributed by atoms with Gasteiger partial charge in [0, 0.05) is 0 Å².